The number of unbranched alkanes of at least 4 members (excludes halogenated alkanes) is 18. The topological polar surface area (TPSA) is 117 Å². The molecule has 0 aliphatic carbocycles. The van der Waals surface area contributed by atoms with Crippen LogP contribution in [0.5, 0.6) is 0 Å². The van der Waals surface area contributed by atoms with Gasteiger partial charge in [-0.1, -0.05) is 156 Å². The van der Waals surface area contributed by atoms with Crippen LogP contribution in [0.1, 0.15) is 227 Å². The first kappa shape index (κ1) is 53.8. The van der Waals surface area contributed by atoms with Gasteiger partial charge in [0.1, 0.15) is 0 Å². The van der Waals surface area contributed by atoms with Gasteiger partial charge in [0.15, 0.2) is 0 Å². The van der Waals surface area contributed by atoms with Gasteiger partial charge in [-0.05, 0) is 70.6 Å². The Bertz CT molecular complexity index is 765. The van der Waals surface area contributed by atoms with E-state index in [9.17, 15) is 24.9 Å². The molecule has 0 amide bonds. The smallest absolute Gasteiger partial charge is 0.308 e. The van der Waals surface area contributed by atoms with E-state index in [1.165, 1.54) is 103 Å². The second kappa shape index (κ2) is 41.0. The minimum absolute atomic E-state index is 0.00679. The molecule has 0 aliphatic heterocycles. The van der Waals surface area contributed by atoms with Crippen molar-refractivity contribution in [3.63, 3.8) is 0 Å². The standard InChI is InChI=1S/C47H93NO7/c1-5-9-13-17-19-23-32-42(30-21-15-11-7-3)46(52)54-38-27-25-34-44(50)40-48(36-29-37-49)41-45(51)35-26-28-39-55-47(53)43(31-22-16-12-8-4)33-24-20-18-14-10-6-2/h42-45,49-51H,5-41H2,1-4H3/t42?,43?,44-,45-/m1/s1. The highest BCUT2D eigenvalue weighted by atomic mass is 16.5. The molecular formula is C47H93NO7. The Morgan fingerprint density at radius 2 is 0.745 bits per heavy atom. The molecule has 0 radical (unpaired) electrons. The van der Waals surface area contributed by atoms with Crippen molar-refractivity contribution in [3.05, 3.63) is 0 Å². The van der Waals surface area contributed by atoms with E-state index in [4.69, 9.17) is 9.47 Å². The van der Waals surface area contributed by atoms with Crippen LogP contribution >= 0.6 is 0 Å². The van der Waals surface area contributed by atoms with Crippen LogP contribution in [0, 0.1) is 11.8 Å². The highest BCUT2D eigenvalue weighted by molar-refractivity contribution is 5.72. The predicted octanol–water partition coefficient (Wildman–Crippen LogP) is 11.5. The summed E-state index contributed by atoms with van der Waals surface area (Å²) in [5.74, 6) is -0.0727. The Morgan fingerprint density at radius 3 is 1.09 bits per heavy atom. The molecule has 0 fully saturated rings. The van der Waals surface area contributed by atoms with Crippen molar-refractivity contribution in [3.8, 4) is 0 Å². The van der Waals surface area contributed by atoms with E-state index >= 15 is 0 Å². The van der Waals surface area contributed by atoms with E-state index in [-0.39, 0.29) is 30.4 Å². The van der Waals surface area contributed by atoms with Gasteiger partial charge in [-0.3, -0.25) is 14.5 Å². The predicted molar refractivity (Wildman–Crippen MR) is 230 cm³/mol. The Hall–Kier alpha value is -1.22. The van der Waals surface area contributed by atoms with Gasteiger partial charge in [-0.2, -0.15) is 0 Å². The largest absolute Gasteiger partial charge is 0.465 e. The number of carbonyl (C=O) groups is 2. The summed E-state index contributed by atoms with van der Waals surface area (Å²) in [6.45, 7) is 11.2. The number of aliphatic hydroxyl groups is 3. The van der Waals surface area contributed by atoms with Gasteiger partial charge in [0, 0.05) is 26.2 Å². The molecule has 328 valence electrons. The summed E-state index contributed by atoms with van der Waals surface area (Å²) in [5, 5.41) is 31.1. The van der Waals surface area contributed by atoms with Gasteiger partial charge in [0.05, 0.1) is 37.3 Å². The Balaban J connectivity index is 4.53. The second-order valence-corrected chi connectivity index (χ2v) is 16.7. The van der Waals surface area contributed by atoms with Crippen LogP contribution in [-0.2, 0) is 19.1 Å². The fourth-order valence-corrected chi connectivity index (χ4v) is 7.61. The van der Waals surface area contributed by atoms with Crippen LogP contribution in [0.2, 0.25) is 0 Å². The molecule has 2 unspecified atom stereocenters. The molecule has 0 saturated heterocycles. The maximum Gasteiger partial charge on any atom is 0.308 e. The molecule has 0 aliphatic rings. The summed E-state index contributed by atoms with van der Waals surface area (Å²) in [6, 6.07) is 0. The van der Waals surface area contributed by atoms with Crippen molar-refractivity contribution in [2.75, 3.05) is 39.5 Å². The van der Waals surface area contributed by atoms with Crippen LogP contribution in [0.4, 0.5) is 0 Å². The van der Waals surface area contributed by atoms with Crippen LogP contribution in [0.25, 0.3) is 0 Å². The Labute approximate surface area is 340 Å². The lowest BCUT2D eigenvalue weighted by Gasteiger charge is -2.27. The molecule has 0 spiro atoms. The van der Waals surface area contributed by atoms with E-state index in [0.717, 1.165) is 77.0 Å². The monoisotopic (exact) mass is 784 g/mol. The summed E-state index contributed by atoms with van der Waals surface area (Å²) in [7, 11) is 0. The van der Waals surface area contributed by atoms with E-state index in [2.05, 4.69) is 27.7 Å². The van der Waals surface area contributed by atoms with E-state index in [0.29, 0.717) is 52.1 Å². The first-order chi connectivity index (χ1) is 26.8. The SMILES string of the molecule is CCCCCCCCC(CCCCCC)C(=O)OCCCC[C@@H](O)CN(CCCO)C[C@H](O)CCCCOC(=O)C(CCCCCC)CCCCCCCC. The van der Waals surface area contributed by atoms with Crippen molar-refractivity contribution in [1.82, 2.24) is 4.90 Å². The Morgan fingerprint density at radius 1 is 0.436 bits per heavy atom. The molecule has 0 aromatic heterocycles. The van der Waals surface area contributed by atoms with Crippen molar-refractivity contribution < 1.29 is 34.4 Å². The summed E-state index contributed by atoms with van der Waals surface area (Å²) in [5.41, 5.74) is 0. The van der Waals surface area contributed by atoms with E-state index in [1.54, 1.807) is 0 Å². The van der Waals surface area contributed by atoms with Crippen molar-refractivity contribution in [2.24, 2.45) is 11.8 Å². The zero-order valence-corrected chi connectivity index (χ0v) is 36.9. The number of carbonyl (C=O) groups excluding carboxylic acids is 2. The highest BCUT2D eigenvalue weighted by Gasteiger charge is 2.21. The van der Waals surface area contributed by atoms with E-state index < -0.39 is 12.2 Å². The molecule has 8 nitrogen and oxygen atoms in total. The maximum atomic E-state index is 13.0. The minimum Gasteiger partial charge on any atom is -0.465 e. The zero-order chi connectivity index (χ0) is 40.6. The first-order valence-electron chi connectivity index (χ1n) is 23.8. The molecule has 8 heteroatoms. The average molecular weight is 784 g/mol. The van der Waals surface area contributed by atoms with Gasteiger partial charge in [0.25, 0.3) is 0 Å². The number of aliphatic hydroxyl groups excluding tert-OH is 3. The molecule has 0 rings (SSSR count). The van der Waals surface area contributed by atoms with Crippen molar-refractivity contribution in [2.45, 2.75) is 239 Å². The van der Waals surface area contributed by atoms with Crippen LogP contribution in [0.15, 0.2) is 0 Å². The number of ether oxygens (including phenoxy) is 2. The lowest BCUT2D eigenvalue weighted by atomic mass is 9.94. The summed E-state index contributed by atoms with van der Waals surface area (Å²) >= 11 is 0. The zero-order valence-electron chi connectivity index (χ0n) is 36.9. The van der Waals surface area contributed by atoms with Gasteiger partial charge < -0.3 is 24.8 Å². The number of nitrogens with zero attached hydrogens (tertiary/aromatic N) is 1. The molecular weight excluding hydrogens is 691 g/mol. The molecule has 3 N–H and O–H groups in total. The van der Waals surface area contributed by atoms with E-state index in [1.807, 2.05) is 4.90 Å². The van der Waals surface area contributed by atoms with Gasteiger partial charge in [-0.25, -0.2) is 0 Å². The molecule has 0 heterocycles. The van der Waals surface area contributed by atoms with Crippen molar-refractivity contribution >= 4 is 11.9 Å². The number of hydrogen-bond acceptors (Lipinski definition) is 8. The number of rotatable bonds is 43. The number of esters is 2. The Kier molecular flexibility index (Phi) is 40.0. The van der Waals surface area contributed by atoms with Crippen LogP contribution < -0.4 is 0 Å². The second-order valence-electron chi connectivity index (χ2n) is 16.7. The fourth-order valence-electron chi connectivity index (χ4n) is 7.61. The third-order valence-electron chi connectivity index (χ3n) is 11.2. The quantitative estimate of drug-likeness (QED) is 0.0413. The molecule has 0 aromatic carbocycles. The normalized spacial score (nSPS) is 13.9. The lowest BCUT2D eigenvalue weighted by molar-refractivity contribution is -0.150. The van der Waals surface area contributed by atoms with Gasteiger partial charge in [-0.15, -0.1) is 0 Å². The van der Waals surface area contributed by atoms with Gasteiger partial charge >= 0.3 is 11.9 Å². The maximum absolute atomic E-state index is 13.0. The van der Waals surface area contributed by atoms with Crippen molar-refractivity contribution in [1.29, 1.82) is 0 Å². The fraction of sp³-hybridized carbons (Fsp3) is 0.957. The molecule has 0 aromatic rings. The number of hydrogen-bond donors (Lipinski definition) is 3. The molecule has 4 atom stereocenters. The summed E-state index contributed by atoms with van der Waals surface area (Å²) < 4.78 is 11.5. The third-order valence-corrected chi connectivity index (χ3v) is 11.2. The molecule has 0 bridgehead atoms. The summed E-state index contributed by atoms with van der Waals surface area (Å²) in [4.78, 5) is 28.0. The highest BCUT2D eigenvalue weighted by Crippen LogP contribution is 2.22. The summed E-state index contributed by atoms with van der Waals surface area (Å²) in [6.07, 6.45) is 31.5. The van der Waals surface area contributed by atoms with Crippen LogP contribution in [-0.4, -0.2) is 83.8 Å². The molecule has 0 saturated carbocycles. The minimum atomic E-state index is -0.550. The first-order valence-corrected chi connectivity index (χ1v) is 23.8. The lowest BCUT2D eigenvalue weighted by Crippen LogP contribution is -2.39. The molecule has 55 heavy (non-hydrogen) atoms. The average Bonchev–Trinajstić information content (AvgIpc) is 3.17. The third kappa shape index (κ3) is 34.5. The van der Waals surface area contributed by atoms with Gasteiger partial charge in [0.2, 0.25) is 0 Å². The van der Waals surface area contributed by atoms with Crippen LogP contribution in [0.3, 0.4) is 0 Å².